The highest BCUT2D eigenvalue weighted by Crippen LogP contribution is 2.25. The fourth-order valence-corrected chi connectivity index (χ4v) is 2.36. The Bertz CT molecular complexity index is 771. The SMILES string of the molecule is CC(C)(C)c1ccc(-c2nc(COCc3ccccn3)co2)cc1. The summed E-state index contributed by atoms with van der Waals surface area (Å²) in [6.45, 7) is 7.46. The zero-order valence-corrected chi connectivity index (χ0v) is 14.3. The van der Waals surface area contributed by atoms with Gasteiger partial charge in [0.25, 0.3) is 0 Å². The van der Waals surface area contributed by atoms with Crippen molar-refractivity contribution in [2.45, 2.75) is 39.4 Å². The molecule has 0 fully saturated rings. The summed E-state index contributed by atoms with van der Waals surface area (Å²) in [5.41, 5.74) is 4.08. The van der Waals surface area contributed by atoms with Crippen LogP contribution in [0.5, 0.6) is 0 Å². The molecule has 124 valence electrons. The molecule has 0 saturated carbocycles. The first kappa shape index (κ1) is 16.4. The van der Waals surface area contributed by atoms with Crippen LogP contribution in [0.2, 0.25) is 0 Å². The minimum Gasteiger partial charge on any atom is -0.444 e. The molecule has 0 atom stereocenters. The van der Waals surface area contributed by atoms with Gasteiger partial charge in [-0.25, -0.2) is 4.98 Å². The normalized spacial score (nSPS) is 11.6. The first-order chi connectivity index (χ1) is 11.5. The summed E-state index contributed by atoms with van der Waals surface area (Å²) in [5, 5.41) is 0. The van der Waals surface area contributed by atoms with Crippen LogP contribution < -0.4 is 0 Å². The molecule has 1 aromatic carbocycles. The Labute approximate surface area is 142 Å². The lowest BCUT2D eigenvalue weighted by Crippen LogP contribution is -2.10. The molecule has 0 radical (unpaired) electrons. The lowest BCUT2D eigenvalue weighted by Gasteiger charge is -2.18. The second-order valence-corrected chi connectivity index (χ2v) is 6.79. The number of nitrogens with zero attached hydrogens (tertiary/aromatic N) is 2. The Balaban J connectivity index is 1.61. The van der Waals surface area contributed by atoms with Gasteiger partial charge in [0.15, 0.2) is 0 Å². The van der Waals surface area contributed by atoms with E-state index >= 15 is 0 Å². The Morgan fingerprint density at radius 3 is 2.38 bits per heavy atom. The number of ether oxygens (including phenoxy) is 1. The number of benzene rings is 1. The Hall–Kier alpha value is -2.46. The number of aromatic nitrogens is 2. The van der Waals surface area contributed by atoms with E-state index in [9.17, 15) is 0 Å². The first-order valence-corrected chi connectivity index (χ1v) is 8.05. The molecule has 4 nitrogen and oxygen atoms in total. The fourth-order valence-electron chi connectivity index (χ4n) is 2.36. The lowest BCUT2D eigenvalue weighted by molar-refractivity contribution is 0.102. The van der Waals surface area contributed by atoms with Gasteiger partial charge in [0.05, 0.1) is 18.9 Å². The van der Waals surface area contributed by atoms with Crippen LogP contribution in [0.15, 0.2) is 59.3 Å². The summed E-state index contributed by atoms with van der Waals surface area (Å²) in [7, 11) is 0. The molecule has 2 heterocycles. The van der Waals surface area contributed by atoms with Gasteiger partial charge in [-0.1, -0.05) is 39.0 Å². The molecule has 3 rings (SSSR count). The summed E-state index contributed by atoms with van der Waals surface area (Å²) >= 11 is 0. The number of hydrogen-bond acceptors (Lipinski definition) is 4. The molecular formula is C20H22N2O2. The number of pyridine rings is 1. The zero-order chi connectivity index (χ0) is 17.0. The van der Waals surface area contributed by atoms with Crippen molar-refractivity contribution >= 4 is 0 Å². The van der Waals surface area contributed by atoms with Crippen LogP contribution in [0.1, 0.15) is 37.7 Å². The van der Waals surface area contributed by atoms with Crippen molar-refractivity contribution < 1.29 is 9.15 Å². The van der Waals surface area contributed by atoms with E-state index in [1.165, 1.54) is 5.56 Å². The smallest absolute Gasteiger partial charge is 0.226 e. The third-order valence-electron chi connectivity index (χ3n) is 3.78. The van der Waals surface area contributed by atoms with Crippen molar-refractivity contribution in [1.29, 1.82) is 0 Å². The minimum atomic E-state index is 0.138. The molecule has 0 spiro atoms. The molecule has 3 aromatic rings. The third-order valence-corrected chi connectivity index (χ3v) is 3.78. The van der Waals surface area contributed by atoms with Crippen molar-refractivity contribution in [3.63, 3.8) is 0 Å². The Kier molecular flexibility index (Phi) is 4.76. The molecular weight excluding hydrogens is 300 g/mol. The molecule has 4 heteroatoms. The lowest BCUT2D eigenvalue weighted by atomic mass is 9.87. The van der Waals surface area contributed by atoms with E-state index in [1.54, 1.807) is 12.5 Å². The van der Waals surface area contributed by atoms with Crippen molar-refractivity contribution in [3.8, 4) is 11.5 Å². The Morgan fingerprint density at radius 1 is 0.958 bits per heavy atom. The average molecular weight is 322 g/mol. The summed E-state index contributed by atoms with van der Waals surface area (Å²) in [5.74, 6) is 0.617. The molecule has 0 N–H and O–H groups in total. The van der Waals surface area contributed by atoms with Crippen LogP contribution in [0.3, 0.4) is 0 Å². The van der Waals surface area contributed by atoms with E-state index in [-0.39, 0.29) is 5.41 Å². The standard InChI is InChI=1S/C20H22N2O2/c1-20(2,3)16-9-7-15(8-10-16)19-22-18(14-24-19)13-23-12-17-6-4-5-11-21-17/h4-11,14H,12-13H2,1-3H3. The second-order valence-electron chi connectivity index (χ2n) is 6.79. The molecule has 0 saturated heterocycles. The van der Waals surface area contributed by atoms with Crippen molar-refractivity contribution in [1.82, 2.24) is 9.97 Å². The van der Waals surface area contributed by atoms with E-state index in [0.717, 1.165) is 17.0 Å². The van der Waals surface area contributed by atoms with Gasteiger partial charge in [-0.15, -0.1) is 0 Å². The topological polar surface area (TPSA) is 48.2 Å². The van der Waals surface area contributed by atoms with Crippen LogP contribution in [0, 0.1) is 0 Å². The summed E-state index contributed by atoms with van der Waals surface area (Å²) in [6, 6.07) is 14.1. The highest BCUT2D eigenvalue weighted by Gasteiger charge is 2.14. The minimum absolute atomic E-state index is 0.138. The highest BCUT2D eigenvalue weighted by molar-refractivity contribution is 5.54. The third kappa shape index (κ3) is 4.09. The second kappa shape index (κ2) is 6.97. The predicted molar refractivity (Wildman–Crippen MR) is 93.4 cm³/mol. The van der Waals surface area contributed by atoms with Gasteiger partial charge in [-0.3, -0.25) is 4.98 Å². The zero-order valence-electron chi connectivity index (χ0n) is 14.3. The monoisotopic (exact) mass is 322 g/mol. The maximum absolute atomic E-state index is 5.63. The van der Waals surface area contributed by atoms with E-state index in [4.69, 9.17) is 9.15 Å². The molecule has 0 unspecified atom stereocenters. The maximum Gasteiger partial charge on any atom is 0.226 e. The van der Waals surface area contributed by atoms with Gasteiger partial charge in [0.1, 0.15) is 12.0 Å². The van der Waals surface area contributed by atoms with E-state index in [1.807, 2.05) is 30.3 Å². The van der Waals surface area contributed by atoms with E-state index in [2.05, 4.69) is 42.9 Å². The average Bonchev–Trinajstić information content (AvgIpc) is 3.04. The van der Waals surface area contributed by atoms with Gasteiger partial charge < -0.3 is 9.15 Å². The van der Waals surface area contributed by atoms with Crippen LogP contribution in [-0.4, -0.2) is 9.97 Å². The van der Waals surface area contributed by atoms with Crippen molar-refractivity contribution in [2.75, 3.05) is 0 Å². The molecule has 0 aliphatic heterocycles. The van der Waals surface area contributed by atoms with Crippen LogP contribution in [0.4, 0.5) is 0 Å². The van der Waals surface area contributed by atoms with Crippen LogP contribution in [-0.2, 0) is 23.4 Å². The molecule has 0 bridgehead atoms. The maximum atomic E-state index is 5.63. The van der Waals surface area contributed by atoms with Crippen molar-refractivity contribution in [3.05, 3.63) is 71.9 Å². The van der Waals surface area contributed by atoms with Gasteiger partial charge in [0.2, 0.25) is 5.89 Å². The Morgan fingerprint density at radius 2 is 1.71 bits per heavy atom. The molecule has 24 heavy (non-hydrogen) atoms. The summed E-state index contributed by atoms with van der Waals surface area (Å²) < 4.78 is 11.2. The fraction of sp³-hybridized carbons (Fsp3) is 0.300. The molecule has 2 aromatic heterocycles. The largest absolute Gasteiger partial charge is 0.444 e. The van der Waals surface area contributed by atoms with Gasteiger partial charge in [-0.2, -0.15) is 0 Å². The molecule has 0 aliphatic carbocycles. The summed E-state index contributed by atoms with van der Waals surface area (Å²) in [4.78, 5) is 8.71. The molecule has 0 aliphatic rings. The van der Waals surface area contributed by atoms with Crippen LogP contribution in [0.25, 0.3) is 11.5 Å². The van der Waals surface area contributed by atoms with Crippen molar-refractivity contribution in [2.24, 2.45) is 0 Å². The van der Waals surface area contributed by atoms with Gasteiger partial charge >= 0.3 is 0 Å². The van der Waals surface area contributed by atoms with E-state index < -0.39 is 0 Å². The molecule has 0 amide bonds. The van der Waals surface area contributed by atoms with E-state index in [0.29, 0.717) is 19.1 Å². The van der Waals surface area contributed by atoms with Gasteiger partial charge in [0, 0.05) is 11.8 Å². The van der Waals surface area contributed by atoms with Gasteiger partial charge in [-0.05, 0) is 35.2 Å². The predicted octanol–water partition coefficient (Wildman–Crippen LogP) is 4.75. The highest BCUT2D eigenvalue weighted by atomic mass is 16.5. The number of hydrogen-bond donors (Lipinski definition) is 0. The summed E-state index contributed by atoms with van der Waals surface area (Å²) in [6.07, 6.45) is 3.40. The van der Waals surface area contributed by atoms with Crippen LogP contribution >= 0.6 is 0 Å². The quantitative estimate of drug-likeness (QED) is 0.680. The number of oxazole rings is 1. The number of rotatable bonds is 5. The first-order valence-electron chi connectivity index (χ1n) is 8.05.